The lowest BCUT2D eigenvalue weighted by molar-refractivity contribution is -0.127. The average Bonchev–Trinajstić information content (AvgIpc) is 2.39. The van der Waals surface area contributed by atoms with Crippen LogP contribution in [0.25, 0.3) is 0 Å². The molecule has 19 heavy (non-hydrogen) atoms. The summed E-state index contributed by atoms with van der Waals surface area (Å²) in [7, 11) is 0. The van der Waals surface area contributed by atoms with Gasteiger partial charge in [0, 0.05) is 11.7 Å². The Morgan fingerprint density at radius 2 is 1.74 bits per heavy atom. The molecule has 1 aromatic carbocycles. The van der Waals surface area contributed by atoms with Crippen molar-refractivity contribution >= 4 is 17.5 Å². The van der Waals surface area contributed by atoms with Crippen molar-refractivity contribution < 1.29 is 9.59 Å². The second-order valence-electron chi connectivity index (χ2n) is 4.65. The Hall–Kier alpha value is -1.84. The Bertz CT molecular complexity index is 426. The SMILES string of the molecule is CCc1ccc(NC(=O)CC(=O)NC(C)CC)cc1. The van der Waals surface area contributed by atoms with Crippen molar-refractivity contribution in [3.63, 3.8) is 0 Å². The number of anilines is 1. The van der Waals surface area contributed by atoms with Crippen LogP contribution in [0.1, 0.15) is 39.2 Å². The fourth-order valence-electron chi connectivity index (χ4n) is 1.60. The maximum Gasteiger partial charge on any atom is 0.233 e. The van der Waals surface area contributed by atoms with Gasteiger partial charge < -0.3 is 10.6 Å². The predicted octanol–water partition coefficient (Wildman–Crippen LogP) is 2.49. The van der Waals surface area contributed by atoms with Gasteiger partial charge in [0.05, 0.1) is 0 Å². The van der Waals surface area contributed by atoms with E-state index < -0.39 is 0 Å². The van der Waals surface area contributed by atoms with E-state index in [0.29, 0.717) is 0 Å². The van der Waals surface area contributed by atoms with Crippen LogP contribution >= 0.6 is 0 Å². The molecule has 0 saturated carbocycles. The smallest absolute Gasteiger partial charge is 0.233 e. The molecule has 0 fully saturated rings. The van der Waals surface area contributed by atoms with Gasteiger partial charge in [0.25, 0.3) is 0 Å². The van der Waals surface area contributed by atoms with Gasteiger partial charge in [-0.15, -0.1) is 0 Å². The quantitative estimate of drug-likeness (QED) is 0.774. The second kappa shape index (κ2) is 7.56. The number of aryl methyl sites for hydroxylation is 1. The van der Waals surface area contributed by atoms with Gasteiger partial charge in [0.1, 0.15) is 6.42 Å². The zero-order valence-corrected chi connectivity index (χ0v) is 11.8. The first kappa shape index (κ1) is 15.2. The minimum atomic E-state index is -0.287. The number of benzene rings is 1. The molecule has 0 aliphatic heterocycles. The molecule has 1 rings (SSSR count). The molecule has 0 aliphatic rings. The highest BCUT2D eigenvalue weighted by atomic mass is 16.2. The Balaban J connectivity index is 2.43. The van der Waals surface area contributed by atoms with Crippen LogP contribution in [0.2, 0.25) is 0 Å². The highest BCUT2D eigenvalue weighted by Gasteiger charge is 2.11. The van der Waals surface area contributed by atoms with Gasteiger partial charge in [0.2, 0.25) is 11.8 Å². The third-order valence-electron chi connectivity index (χ3n) is 2.99. The molecule has 0 bridgehead atoms. The van der Waals surface area contributed by atoms with Crippen LogP contribution in [0.4, 0.5) is 5.69 Å². The van der Waals surface area contributed by atoms with Crippen LogP contribution in [-0.4, -0.2) is 17.9 Å². The first-order chi connectivity index (χ1) is 9.05. The lowest BCUT2D eigenvalue weighted by Crippen LogP contribution is -2.34. The topological polar surface area (TPSA) is 58.2 Å². The molecule has 1 unspecified atom stereocenters. The van der Waals surface area contributed by atoms with Crippen LogP contribution in [0.3, 0.4) is 0 Å². The van der Waals surface area contributed by atoms with E-state index in [1.807, 2.05) is 38.1 Å². The second-order valence-corrected chi connectivity index (χ2v) is 4.65. The normalized spacial score (nSPS) is 11.7. The Morgan fingerprint density at radius 3 is 2.26 bits per heavy atom. The molecular weight excluding hydrogens is 240 g/mol. The van der Waals surface area contributed by atoms with Gasteiger partial charge in [-0.05, 0) is 37.5 Å². The molecule has 0 saturated heterocycles. The van der Waals surface area contributed by atoms with Gasteiger partial charge in [-0.25, -0.2) is 0 Å². The standard InChI is InChI=1S/C15H22N2O2/c1-4-11(3)16-14(18)10-15(19)17-13-8-6-12(5-2)7-9-13/h6-9,11H,4-5,10H2,1-3H3,(H,16,18)(H,17,19). The molecule has 4 heteroatoms. The summed E-state index contributed by atoms with van der Waals surface area (Å²) < 4.78 is 0. The molecule has 0 heterocycles. The largest absolute Gasteiger partial charge is 0.353 e. The molecule has 104 valence electrons. The molecule has 0 aromatic heterocycles. The number of nitrogens with one attached hydrogen (secondary N) is 2. The van der Waals surface area contributed by atoms with E-state index in [0.717, 1.165) is 18.5 Å². The summed E-state index contributed by atoms with van der Waals surface area (Å²) in [6, 6.07) is 7.74. The summed E-state index contributed by atoms with van der Waals surface area (Å²) in [5.41, 5.74) is 1.94. The number of carbonyl (C=O) groups is 2. The molecule has 1 atom stereocenters. The third kappa shape index (κ3) is 5.55. The average molecular weight is 262 g/mol. The van der Waals surface area contributed by atoms with Crippen molar-refractivity contribution in [3.8, 4) is 0 Å². The van der Waals surface area contributed by atoms with Crippen LogP contribution in [0.5, 0.6) is 0 Å². The fraction of sp³-hybridized carbons (Fsp3) is 0.467. The van der Waals surface area contributed by atoms with E-state index in [1.165, 1.54) is 5.56 Å². The van der Waals surface area contributed by atoms with Gasteiger partial charge >= 0.3 is 0 Å². The molecule has 0 radical (unpaired) electrons. The third-order valence-corrected chi connectivity index (χ3v) is 2.99. The van der Waals surface area contributed by atoms with E-state index in [-0.39, 0.29) is 24.3 Å². The lowest BCUT2D eigenvalue weighted by atomic mass is 10.1. The molecule has 1 aromatic rings. The van der Waals surface area contributed by atoms with E-state index in [1.54, 1.807) is 0 Å². The summed E-state index contributed by atoms with van der Waals surface area (Å²) in [5.74, 6) is -0.526. The van der Waals surface area contributed by atoms with Crippen molar-refractivity contribution in [1.82, 2.24) is 5.32 Å². The Labute approximate surface area is 114 Å². The number of hydrogen-bond acceptors (Lipinski definition) is 2. The number of hydrogen-bond donors (Lipinski definition) is 2. The molecule has 2 N–H and O–H groups in total. The van der Waals surface area contributed by atoms with E-state index in [9.17, 15) is 9.59 Å². The minimum absolute atomic E-state index is 0.101. The summed E-state index contributed by atoms with van der Waals surface area (Å²) in [6.45, 7) is 5.98. The summed E-state index contributed by atoms with van der Waals surface area (Å²) in [6.07, 6.45) is 1.68. The monoisotopic (exact) mass is 262 g/mol. The maximum absolute atomic E-state index is 11.7. The van der Waals surface area contributed by atoms with Crippen LogP contribution < -0.4 is 10.6 Å². The molecule has 0 spiro atoms. The summed E-state index contributed by atoms with van der Waals surface area (Å²) >= 11 is 0. The molecule has 4 nitrogen and oxygen atoms in total. The van der Waals surface area contributed by atoms with Crippen molar-refractivity contribution in [3.05, 3.63) is 29.8 Å². The number of rotatable bonds is 6. The van der Waals surface area contributed by atoms with Crippen molar-refractivity contribution in [2.45, 2.75) is 46.1 Å². The summed E-state index contributed by atoms with van der Waals surface area (Å²) in [4.78, 5) is 23.2. The highest BCUT2D eigenvalue weighted by molar-refractivity contribution is 6.03. The predicted molar refractivity (Wildman–Crippen MR) is 77.0 cm³/mol. The number of carbonyl (C=O) groups excluding carboxylic acids is 2. The van der Waals surface area contributed by atoms with Gasteiger partial charge in [-0.1, -0.05) is 26.0 Å². The molecule has 0 aliphatic carbocycles. The van der Waals surface area contributed by atoms with Crippen molar-refractivity contribution in [1.29, 1.82) is 0 Å². The van der Waals surface area contributed by atoms with Gasteiger partial charge in [-0.2, -0.15) is 0 Å². The Morgan fingerprint density at radius 1 is 1.11 bits per heavy atom. The van der Waals surface area contributed by atoms with Gasteiger partial charge in [0.15, 0.2) is 0 Å². The van der Waals surface area contributed by atoms with E-state index in [2.05, 4.69) is 17.6 Å². The van der Waals surface area contributed by atoms with E-state index in [4.69, 9.17) is 0 Å². The highest BCUT2D eigenvalue weighted by Crippen LogP contribution is 2.10. The maximum atomic E-state index is 11.7. The van der Waals surface area contributed by atoms with Crippen LogP contribution in [0.15, 0.2) is 24.3 Å². The van der Waals surface area contributed by atoms with Crippen LogP contribution in [0, 0.1) is 0 Å². The number of amides is 2. The molecule has 2 amide bonds. The first-order valence-electron chi connectivity index (χ1n) is 6.73. The minimum Gasteiger partial charge on any atom is -0.353 e. The van der Waals surface area contributed by atoms with Crippen molar-refractivity contribution in [2.24, 2.45) is 0 Å². The summed E-state index contributed by atoms with van der Waals surface area (Å²) in [5, 5.41) is 5.48. The molecular formula is C15H22N2O2. The van der Waals surface area contributed by atoms with Crippen LogP contribution in [-0.2, 0) is 16.0 Å². The zero-order chi connectivity index (χ0) is 14.3. The zero-order valence-electron chi connectivity index (χ0n) is 11.8. The fourth-order valence-corrected chi connectivity index (χ4v) is 1.60. The van der Waals surface area contributed by atoms with Gasteiger partial charge in [-0.3, -0.25) is 9.59 Å². The Kier molecular flexibility index (Phi) is 6.06. The van der Waals surface area contributed by atoms with E-state index >= 15 is 0 Å². The first-order valence-corrected chi connectivity index (χ1v) is 6.73. The van der Waals surface area contributed by atoms with Crippen molar-refractivity contribution in [2.75, 3.05) is 5.32 Å². The lowest BCUT2D eigenvalue weighted by Gasteiger charge is -2.11.